The van der Waals surface area contributed by atoms with Gasteiger partial charge in [-0.15, -0.1) is 0 Å². The minimum atomic E-state index is -3.80. The van der Waals surface area contributed by atoms with Gasteiger partial charge in [0.25, 0.3) is 0 Å². The molecule has 122 valence electrons. The van der Waals surface area contributed by atoms with Gasteiger partial charge in [-0.2, -0.15) is 4.72 Å². The third kappa shape index (κ3) is 5.55. The van der Waals surface area contributed by atoms with Crippen molar-refractivity contribution in [1.82, 2.24) is 4.72 Å². The van der Waals surface area contributed by atoms with Crippen LogP contribution in [0.25, 0.3) is 0 Å². The lowest BCUT2D eigenvalue weighted by atomic mass is 10.1. The van der Waals surface area contributed by atoms with Crippen LogP contribution in [0, 0.1) is 5.92 Å². The van der Waals surface area contributed by atoms with Crippen LogP contribution in [0.3, 0.4) is 0 Å². The highest BCUT2D eigenvalue weighted by atomic mass is 79.9. The van der Waals surface area contributed by atoms with Gasteiger partial charge in [-0.05, 0) is 42.7 Å². The normalized spacial score (nSPS) is 13.0. The molecule has 0 heterocycles. The largest absolute Gasteiger partial charge is 0.460 e. The van der Waals surface area contributed by atoms with Crippen LogP contribution in [-0.2, 0) is 19.6 Å². The van der Waals surface area contributed by atoms with Crippen molar-refractivity contribution in [3.05, 3.63) is 40.9 Å². The minimum Gasteiger partial charge on any atom is -0.460 e. The summed E-state index contributed by atoms with van der Waals surface area (Å²) < 4.78 is 32.9. The Bertz CT molecular complexity index is 638. The Morgan fingerprint density at radius 3 is 2.32 bits per heavy atom. The standard InChI is InChI=1S/C15H20BrNO4S/c1-10(2)9-21-15(18)14(11(3)4)17-22(19,20)13-7-5-12(16)6-8-13/h5-8,11,14,17H,1,9H2,2-4H3/t14-/m1/s1. The SMILES string of the molecule is C=C(C)COC(=O)[C@H](NS(=O)(=O)c1ccc(Br)cc1)C(C)C. The van der Waals surface area contributed by atoms with Crippen molar-refractivity contribution in [3.8, 4) is 0 Å². The van der Waals surface area contributed by atoms with Gasteiger partial charge in [0, 0.05) is 4.47 Å². The van der Waals surface area contributed by atoms with E-state index in [1.54, 1.807) is 32.9 Å². The first-order valence-electron chi connectivity index (χ1n) is 6.72. The van der Waals surface area contributed by atoms with Crippen molar-refractivity contribution in [3.63, 3.8) is 0 Å². The van der Waals surface area contributed by atoms with Crippen molar-refractivity contribution in [1.29, 1.82) is 0 Å². The van der Waals surface area contributed by atoms with Gasteiger partial charge in [0.2, 0.25) is 10.0 Å². The molecule has 0 saturated carbocycles. The summed E-state index contributed by atoms with van der Waals surface area (Å²) in [4.78, 5) is 12.1. The fourth-order valence-electron chi connectivity index (χ4n) is 1.59. The zero-order valence-electron chi connectivity index (χ0n) is 12.8. The number of hydrogen-bond acceptors (Lipinski definition) is 4. The highest BCUT2D eigenvalue weighted by Gasteiger charge is 2.29. The van der Waals surface area contributed by atoms with Crippen molar-refractivity contribution >= 4 is 31.9 Å². The fourth-order valence-corrected chi connectivity index (χ4v) is 3.19. The molecule has 0 aliphatic carbocycles. The summed E-state index contributed by atoms with van der Waals surface area (Å²) in [5.74, 6) is -0.860. The van der Waals surface area contributed by atoms with Gasteiger partial charge in [-0.25, -0.2) is 8.42 Å². The first kappa shape index (κ1) is 18.9. The first-order chi connectivity index (χ1) is 10.1. The minimum absolute atomic E-state index is 0.0715. The number of carbonyl (C=O) groups excluding carboxylic acids is 1. The van der Waals surface area contributed by atoms with Crippen LogP contribution in [0.2, 0.25) is 0 Å². The summed E-state index contributed by atoms with van der Waals surface area (Å²) in [6, 6.07) is 5.22. The van der Waals surface area contributed by atoms with Crippen LogP contribution in [0.4, 0.5) is 0 Å². The molecular formula is C15H20BrNO4S. The van der Waals surface area contributed by atoms with E-state index in [1.807, 2.05) is 0 Å². The van der Waals surface area contributed by atoms with E-state index in [2.05, 4.69) is 27.2 Å². The Morgan fingerprint density at radius 1 is 1.32 bits per heavy atom. The summed E-state index contributed by atoms with van der Waals surface area (Å²) in [7, 11) is -3.80. The maximum atomic E-state index is 12.3. The van der Waals surface area contributed by atoms with E-state index in [4.69, 9.17) is 4.74 Å². The number of benzene rings is 1. The van der Waals surface area contributed by atoms with Gasteiger partial charge in [-0.1, -0.05) is 36.4 Å². The lowest BCUT2D eigenvalue weighted by Crippen LogP contribution is -2.45. The van der Waals surface area contributed by atoms with Crippen LogP contribution >= 0.6 is 15.9 Å². The molecule has 1 rings (SSSR count). The van der Waals surface area contributed by atoms with Crippen molar-refractivity contribution in [2.45, 2.75) is 31.7 Å². The van der Waals surface area contributed by atoms with Gasteiger partial charge >= 0.3 is 5.97 Å². The van der Waals surface area contributed by atoms with E-state index in [0.717, 1.165) is 4.47 Å². The molecular weight excluding hydrogens is 370 g/mol. The van der Waals surface area contributed by atoms with Crippen molar-refractivity contribution < 1.29 is 17.9 Å². The average Bonchev–Trinajstić information content (AvgIpc) is 2.42. The molecule has 7 heteroatoms. The second kappa shape index (κ2) is 7.89. The molecule has 0 fully saturated rings. The van der Waals surface area contributed by atoms with Gasteiger partial charge in [0.1, 0.15) is 12.6 Å². The van der Waals surface area contributed by atoms with E-state index < -0.39 is 22.0 Å². The van der Waals surface area contributed by atoms with Crippen LogP contribution in [0.1, 0.15) is 20.8 Å². The summed E-state index contributed by atoms with van der Waals surface area (Å²) in [5.41, 5.74) is 0.687. The quantitative estimate of drug-likeness (QED) is 0.574. The number of carbonyl (C=O) groups is 1. The van der Waals surface area contributed by atoms with Crippen LogP contribution in [-0.4, -0.2) is 27.0 Å². The molecule has 0 bridgehead atoms. The predicted octanol–water partition coefficient (Wildman–Crippen LogP) is 2.87. The van der Waals surface area contributed by atoms with Gasteiger partial charge < -0.3 is 4.74 Å². The maximum absolute atomic E-state index is 12.3. The Morgan fingerprint density at radius 2 is 1.86 bits per heavy atom. The first-order valence-corrected chi connectivity index (χ1v) is 9.00. The summed E-state index contributed by atoms with van der Waals surface area (Å²) in [5, 5.41) is 0. The van der Waals surface area contributed by atoms with Crippen LogP contribution < -0.4 is 4.72 Å². The van der Waals surface area contributed by atoms with E-state index in [-0.39, 0.29) is 17.4 Å². The molecule has 5 nitrogen and oxygen atoms in total. The molecule has 0 spiro atoms. The average molecular weight is 390 g/mol. The Hall–Kier alpha value is -1.18. The monoisotopic (exact) mass is 389 g/mol. The Kier molecular flexibility index (Phi) is 6.77. The Balaban J connectivity index is 2.92. The second-order valence-electron chi connectivity index (χ2n) is 5.36. The molecule has 0 amide bonds. The lowest BCUT2D eigenvalue weighted by Gasteiger charge is -2.21. The number of hydrogen-bond donors (Lipinski definition) is 1. The molecule has 1 atom stereocenters. The second-order valence-corrected chi connectivity index (χ2v) is 7.99. The van der Waals surface area contributed by atoms with Crippen molar-refractivity contribution in [2.24, 2.45) is 5.92 Å². The Labute approximate surface area is 139 Å². The zero-order valence-corrected chi connectivity index (χ0v) is 15.2. The molecule has 0 radical (unpaired) electrons. The molecule has 1 aromatic carbocycles. The molecule has 0 unspecified atom stereocenters. The van der Waals surface area contributed by atoms with Gasteiger partial charge in [0.05, 0.1) is 4.90 Å². The molecule has 22 heavy (non-hydrogen) atoms. The predicted molar refractivity (Wildman–Crippen MR) is 88.9 cm³/mol. The van der Waals surface area contributed by atoms with Gasteiger partial charge in [0.15, 0.2) is 0 Å². The third-order valence-electron chi connectivity index (χ3n) is 2.79. The number of esters is 1. The number of sulfonamides is 1. The lowest BCUT2D eigenvalue weighted by molar-refractivity contribution is -0.145. The van der Waals surface area contributed by atoms with Crippen molar-refractivity contribution in [2.75, 3.05) is 6.61 Å². The topological polar surface area (TPSA) is 72.5 Å². The van der Waals surface area contributed by atoms with Crippen LogP contribution in [0.15, 0.2) is 45.8 Å². The number of rotatable bonds is 7. The zero-order chi connectivity index (χ0) is 16.9. The molecule has 0 aliphatic heterocycles. The molecule has 0 aliphatic rings. The van der Waals surface area contributed by atoms with Crippen LogP contribution in [0.5, 0.6) is 0 Å². The maximum Gasteiger partial charge on any atom is 0.324 e. The highest BCUT2D eigenvalue weighted by Crippen LogP contribution is 2.16. The summed E-state index contributed by atoms with van der Waals surface area (Å²) in [6.07, 6.45) is 0. The molecule has 1 N–H and O–H groups in total. The highest BCUT2D eigenvalue weighted by molar-refractivity contribution is 9.10. The number of halogens is 1. The number of ether oxygens (including phenoxy) is 1. The summed E-state index contributed by atoms with van der Waals surface area (Å²) >= 11 is 3.25. The third-order valence-corrected chi connectivity index (χ3v) is 4.77. The molecule has 1 aromatic rings. The fraction of sp³-hybridized carbons (Fsp3) is 0.400. The van der Waals surface area contributed by atoms with E-state index in [9.17, 15) is 13.2 Å². The van der Waals surface area contributed by atoms with E-state index in [1.165, 1.54) is 12.1 Å². The van der Waals surface area contributed by atoms with E-state index >= 15 is 0 Å². The molecule has 0 saturated heterocycles. The number of nitrogens with one attached hydrogen (secondary N) is 1. The van der Waals surface area contributed by atoms with Gasteiger partial charge in [-0.3, -0.25) is 4.79 Å². The summed E-state index contributed by atoms with van der Waals surface area (Å²) in [6.45, 7) is 8.93. The molecule has 0 aromatic heterocycles. The van der Waals surface area contributed by atoms with E-state index in [0.29, 0.717) is 5.57 Å². The smallest absolute Gasteiger partial charge is 0.324 e.